The largest absolute Gasteiger partial charge is 0.296 e. The van der Waals surface area contributed by atoms with Crippen molar-refractivity contribution in [3.05, 3.63) is 51.4 Å². The Labute approximate surface area is 149 Å². The standard InChI is InChI=1S/C18H20N4O2S/c1-3-4-7-10-22-17(24)14-9-6-5-8-13(14)15(21-22)16(23)20-18-19-11-12(2)25-18/h5-6,8-9,11H,3-4,7,10H2,1-2H3,(H,19,20,23). The van der Waals surface area contributed by atoms with E-state index in [1.807, 2.05) is 6.92 Å². The van der Waals surface area contributed by atoms with Crippen LogP contribution in [0.4, 0.5) is 5.13 Å². The summed E-state index contributed by atoms with van der Waals surface area (Å²) in [7, 11) is 0. The number of nitrogens with one attached hydrogen (secondary N) is 1. The SMILES string of the molecule is CCCCCn1nc(C(=O)Nc2ncc(C)s2)c2ccccc2c1=O. The highest BCUT2D eigenvalue weighted by Gasteiger charge is 2.17. The Bertz CT molecular complexity index is 961. The summed E-state index contributed by atoms with van der Waals surface area (Å²) < 4.78 is 1.40. The normalized spacial score (nSPS) is 11.0. The van der Waals surface area contributed by atoms with Crippen LogP contribution in [0, 0.1) is 6.92 Å². The highest BCUT2D eigenvalue weighted by atomic mass is 32.1. The van der Waals surface area contributed by atoms with Crippen molar-refractivity contribution in [2.75, 3.05) is 5.32 Å². The molecule has 0 aliphatic carbocycles. The zero-order chi connectivity index (χ0) is 17.8. The van der Waals surface area contributed by atoms with Crippen molar-refractivity contribution in [2.45, 2.75) is 39.7 Å². The van der Waals surface area contributed by atoms with Crippen molar-refractivity contribution >= 4 is 33.1 Å². The Morgan fingerprint density at radius 2 is 2.00 bits per heavy atom. The second-order valence-corrected chi connectivity index (χ2v) is 7.09. The van der Waals surface area contributed by atoms with Gasteiger partial charge in [-0.15, -0.1) is 11.3 Å². The molecule has 2 heterocycles. The van der Waals surface area contributed by atoms with Gasteiger partial charge < -0.3 is 0 Å². The number of carbonyl (C=O) groups is 1. The molecular formula is C18H20N4O2S. The van der Waals surface area contributed by atoms with Gasteiger partial charge >= 0.3 is 0 Å². The lowest BCUT2D eigenvalue weighted by Crippen LogP contribution is -2.27. The summed E-state index contributed by atoms with van der Waals surface area (Å²) >= 11 is 1.40. The first-order valence-corrected chi connectivity index (χ1v) is 9.15. The molecule has 3 aromatic rings. The molecule has 130 valence electrons. The van der Waals surface area contributed by atoms with Crippen molar-refractivity contribution in [3.63, 3.8) is 0 Å². The van der Waals surface area contributed by atoms with E-state index in [4.69, 9.17) is 0 Å². The van der Waals surface area contributed by atoms with E-state index >= 15 is 0 Å². The molecule has 0 saturated heterocycles. The van der Waals surface area contributed by atoms with Crippen LogP contribution >= 0.6 is 11.3 Å². The summed E-state index contributed by atoms with van der Waals surface area (Å²) in [5.74, 6) is -0.352. The number of nitrogens with zero attached hydrogens (tertiary/aromatic N) is 3. The first-order chi connectivity index (χ1) is 12.1. The molecule has 0 saturated carbocycles. The zero-order valence-corrected chi connectivity index (χ0v) is 15.1. The van der Waals surface area contributed by atoms with Gasteiger partial charge in [-0.1, -0.05) is 38.0 Å². The maximum atomic E-state index is 12.7. The van der Waals surface area contributed by atoms with Gasteiger partial charge in [0.05, 0.1) is 5.39 Å². The molecule has 0 fully saturated rings. The Balaban J connectivity index is 2.01. The van der Waals surface area contributed by atoms with Crippen molar-refractivity contribution in [1.82, 2.24) is 14.8 Å². The molecule has 0 aliphatic heterocycles. The molecule has 0 aliphatic rings. The number of fused-ring (bicyclic) bond motifs is 1. The fourth-order valence-electron chi connectivity index (χ4n) is 2.63. The van der Waals surface area contributed by atoms with E-state index in [9.17, 15) is 9.59 Å². The van der Waals surface area contributed by atoms with Gasteiger partial charge in [0.1, 0.15) is 0 Å². The third kappa shape index (κ3) is 3.76. The average Bonchev–Trinajstić information content (AvgIpc) is 3.02. The lowest BCUT2D eigenvalue weighted by atomic mass is 10.1. The zero-order valence-electron chi connectivity index (χ0n) is 14.3. The van der Waals surface area contributed by atoms with E-state index in [-0.39, 0.29) is 17.2 Å². The van der Waals surface area contributed by atoms with Gasteiger partial charge in [0.15, 0.2) is 10.8 Å². The fraction of sp³-hybridized carbons (Fsp3) is 0.333. The first-order valence-electron chi connectivity index (χ1n) is 8.33. The van der Waals surface area contributed by atoms with E-state index in [0.29, 0.717) is 22.4 Å². The maximum Gasteiger partial charge on any atom is 0.278 e. The molecule has 0 spiro atoms. The van der Waals surface area contributed by atoms with Crippen molar-refractivity contribution < 1.29 is 4.79 Å². The monoisotopic (exact) mass is 356 g/mol. The Kier molecular flexibility index (Phi) is 5.23. The van der Waals surface area contributed by atoms with Crippen LogP contribution in [0.25, 0.3) is 10.8 Å². The molecule has 7 heteroatoms. The molecule has 1 N–H and O–H groups in total. The van der Waals surface area contributed by atoms with Gasteiger partial charge in [0, 0.05) is 23.0 Å². The third-order valence-corrected chi connectivity index (χ3v) is 4.73. The summed E-state index contributed by atoms with van der Waals surface area (Å²) in [5.41, 5.74) is 0.0906. The van der Waals surface area contributed by atoms with Gasteiger partial charge in [-0.05, 0) is 19.4 Å². The minimum atomic E-state index is -0.352. The summed E-state index contributed by atoms with van der Waals surface area (Å²) in [6.07, 6.45) is 4.63. The summed E-state index contributed by atoms with van der Waals surface area (Å²) in [5, 5.41) is 8.71. The number of aryl methyl sites for hydroxylation is 2. The predicted molar refractivity (Wildman–Crippen MR) is 100 cm³/mol. The second-order valence-electron chi connectivity index (χ2n) is 5.86. The molecule has 1 amide bonds. The Morgan fingerprint density at radius 1 is 1.24 bits per heavy atom. The fourth-order valence-corrected chi connectivity index (χ4v) is 3.29. The molecule has 2 aromatic heterocycles. The smallest absolute Gasteiger partial charge is 0.278 e. The average molecular weight is 356 g/mol. The molecule has 0 bridgehead atoms. The van der Waals surface area contributed by atoms with E-state index in [1.54, 1.807) is 30.5 Å². The highest BCUT2D eigenvalue weighted by molar-refractivity contribution is 7.15. The highest BCUT2D eigenvalue weighted by Crippen LogP contribution is 2.19. The van der Waals surface area contributed by atoms with E-state index < -0.39 is 0 Å². The van der Waals surface area contributed by atoms with Crippen LogP contribution in [0.15, 0.2) is 35.3 Å². The number of thiazole rings is 1. The van der Waals surface area contributed by atoms with Crippen LogP contribution in [0.5, 0.6) is 0 Å². The van der Waals surface area contributed by atoms with Crippen LogP contribution in [0.3, 0.4) is 0 Å². The van der Waals surface area contributed by atoms with Gasteiger partial charge in [0.25, 0.3) is 11.5 Å². The van der Waals surface area contributed by atoms with Crippen LogP contribution in [-0.2, 0) is 6.54 Å². The first kappa shape index (κ1) is 17.3. The third-order valence-electron chi connectivity index (χ3n) is 3.90. The van der Waals surface area contributed by atoms with Crippen LogP contribution < -0.4 is 10.9 Å². The molecular weight excluding hydrogens is 336 g/mol. The number of anilines is 1. The summed E-state index contributed by atoms with van der Waals surface area (Å²) in [6.45, 7) is 4.54. The second kappa shape index (κ2) is 7.57. The summed E-state index contributed by atoms with van der Waals surface area (Å²) in [4.78, 5) is 30.5. The number of carbonyl (C=O) groups excluding carboxylic acids is 1. The van der Waals surface area contributed by atoms with Crippen LogP contribution in [-0.4, -0.2) is 20.7 Å². The molecule has 0 atom stereocenters. The lowest BCUT2D eigenvalue weighted by Gasteiger charge is -2.10. The van der Waals surface area contributed by atoms with E-state index in [0.717, 1.165) is 24.1 Å². The number of unbranched alkanes of at least 4 members (excludes halogenated alkanes) is 2. The van der Waals surface area contributed by atoms with Crippen molar-refractivity contribution in [1.29, 1.82) is 0 Å². The van der Waals surface area contributed by atoms with Gasteiger partial charge in [0.2, 0.25) is 0 Å². The van der Waals surface area contributed by atoms with E-state index in [1.165, 1.54) is 16.0 Å². The minimum Gasteiger partial charge on any atom is -0.296 e. The number of hydrogen-bond donors (Lipinski definition) is 1. The number of amides is 1. The maximum absolute atomic E-state index is 12.7. The van der Waals surface area contributed by atoms with Gasteiger partial charge in [-0.2, -0.15) is 5.10 Å². The Hall–Kier alpha value is -2.54. The lowest BCUT2D eigenvalue weighted by molar-refractivity contribution is 0.102. The Morgan fingerprint density at radius 3 is 2.68 bits per heavy atom. The van der Waals surface area contributed by atoms with Crippen molar-refractivity contribution in [2.24, 2.45) is 0 Å². The molecule has 0 radical (unpaired) electrons. The molecule has 6 nitrogen and oxygen atoms in total. The van der Waals surface area contributed by atoms with Gasteiger partial charge in [-0.3, -0.25) is 14.9 Å². The molecule has 25 heavy (non-hydrogen) atoms. The number of hydrogen-bond acceptors (Lipinski definition) is 5. The summed E-state index contributed by atoms with van der Waals surface area (Å²) in [6, 6.07) is 7.09. The van der Waals surface area contributed by atoms with Crippen molar-refractivity contribution in [3.8, 4) is 0 Å². The van der Waals surface area contributed by atoms with Crippen LogP contribution in [0.1, 0.15) is 41.6 Å². The quantitative estimate of drug-likeness (QED) is 0.685. The predicted octanol–water partition coefficient (Wildman–Crippen LogP) is 3.60. The topological polar surface area (TPSA) is 76.9 Å². The molecule has 3 rings (SSSR count). The molecule has 0 unspecified atom stereocenters. The molecule has 1 aromatic carbocycles. The van der Waals surface area contributed by atoms with E-state index in [2.05, 4.69) is 22.3 Å². The number of aromatic nitrogens is 3. The number of rotatable bonds is 6. The minimum absolute atomic E-state index is 0.159. The number of benzene rings is 1. The van der Waals surface area contributed by atoms with Crippen LogP contribution in [0.2, 0.25) is 0 Å². The van der Waals surface area contributed by atoms with Gasteiger partial charge in [-0.25, -0.2) is 9.67 Å².